The highest BCUT2D eigenvalue weighted by Crippen LogP contribution is 2.36. The molecule has 14 heavy (non-hydrogen) atoms. The lowest BCUT2D eigenvalue weighted by atomic mass is 9.72. The second-order valence-electron chi connectivity index (χ2n) is 5.07. The van der Waals surface area contributed by atoms with Gasteiger partial charge in [0.25, 0.3) is 0 Å². The van der Waals surface area contributed by atoms with Crippen LogP contribution in [0, 0.1) is 11.3 Å². The fourth-order valence-corrected chi connectivity index (χ4v) is 1.94. The van der Waals surface area contributed by atoms with Crippen molar-refractivity contribution in [3.8, 4) is 0 Å². The molecule has 1 heteroatoms. The predicted octanol–water partition coefficient (Wildman–Crippen LogP) is 4.21. The molecule has 0 aliphatic heterocycles. The third-order valence-electron chi connectivity index (χ3n) is 3.50. The Balaban J connectivity index is 4.20. The molecule has 0 amide bonds. The molecule has 0 aromatic heterocycles. The van der Waals surface area contributed by atoms with Crippen molar-refractivity contribution in [3.63, 3.8) is 0 Å². The molecule has 1 nitrogen and oxygen atoms in total. The van der Waals surface area contributed by atoms with E-state index in [-0.39, 0.29) is 0 Å². The largest absolute Gasteiger partial charge is 0.300 e. The Morgan fingerprint density at radius 1 is 1.21 bits per heavy atom. The average molecular weight is 198 g/mol. The molecule has 1 atom stereocenters. The lowest BCUT2D eigenvalue weighted by molar-refractivity contribution is -0.117. The molecule has 0 heterocycles. The van der Waals surface area contributed by atoms with E-state index in [1.165, 1.54) is 19.3 Å². The zero-order valence-corrected chi connectivity index (χ0v) is 10.5. The van der Waals surface area contributed by atoms with E-state index in [9.17, 15) is 4.79 Å². The normalized spacial score (nSPS) is 14.1. The Bertz CT molecular complexity index is 170. The van der Waals surface area contributed by atoms with E-state index in [0.717, 1.165) is 12.8 Å². The SMILES string of the molecule is CCCC(CCC(C)=O)C(C)(C)CC. The number of ketones is 1. The van der Waals surface area contributed by atoms with Crippen LogP contribution in [0.25, 0.3) is 0 Å². The minimum atomic E-state index is 0.331. The average Bonchev–Trinajstić information content (AvgIpc) is 2.11. The van der Waals surface area contributed by atoms with Gasteiger partial charge in [-0.3, -0.25) is 0 Å². The first-order valence-electron chi connectivity index (χ1n) is 5.93. The molecular formula is C13H26O. The fraction of sp³-hybridized carbons (Fsp3) is 0.923. The van der Waals surface area contributed by atoms with Gasteiger partial charge in [-0.15, -0.1) is 0 Å². The first kappa shape index (κ1) is 13.7. The maximum Gasteiger partial charge on any atom is 0.129 e. The molecular weight excluding hydrogens is 172 g/mol. The van der Waals surface area contributed by atoms with Gasteiger partial charge in [0.2, 0.25) is 0 Å². The lowest BCUT2D eigenvalue weighted by Gasteiger charge is -2.33. The van der Waals surface area contributed by atoms with Crippen LogP contribution < -0.4 is 0 Å². The van der Waals surface area contributed by atoms with Crippen LogP contribution in [0.15, 0.2) is 0 Å². The molecule has 0 aromatic carbocycles. The summed E-state index contributed by atoms with van der Waals surface area (Å²) in [5, 5.41) is 0. The first-order chi connectivity index (χ1) is 6.44. The van der Waals surface area contributed by atoms with Crippen LogP contribution in [-0.2, 0) is 4.79 Å². The summed E-state index contributed by atoms with van der Waals surface area (Å²) >= 11 is 0. The molecule has 0 bridgehead atoms. The number of hydrogen-bond acceptors (Lipinski definition) is 1. The van der Waals surface area contributed by atoms with Gasteiger partial charge in [0.05, 0.1) is 0 Å². The second-order valence-corrected chi connectivity index (χ2v) is 5.07. The van der Waals surface area contributed by atoms with Crippen LogP contribution in [-0.4, -0.2) is 5.78 Å². The molecule has 0 spiro atoms. The van der Waals surface area contributed by atoms with Gasteiger partial charge >= 0.3 is 0 Å². The lowest BCUT2D eigenvalue weighted by Crippen LogP contribution is -2.23. The van der Waals surface area contributed by atoms with Gasteiger partial charge in [-0.2, -0.15) is 0 Å². The van der Waals surface area contributed by atoms with Gasteiger partial charge in [0.15, 0.2) is 0 Å². The highest BCUT2D eigenvalue weighted by atomic mass is 16.1. The van der Waals surface area contributed by atoms with Crippen molar-refractivity contribution in [2.45, 2.75) is 66.7 Å². The van der Waals surface area contributed by atoms with Crippen LogP contribution in [0.4, 0.5) is 0 Å². The monoisotopic (exact) mass is 198 g/mol. The van der Waals surface area contributed by atoms with E-state index in [2.05, 4.69) is 27.7 Å². The number of carbonyl (C=O) groups excluding carboxylic acids is 1. The summed E-state index contributed by atoms with van der Waals surface area (Å²) in [5.41, 5.74) is 0.394. The van der Waals surface area contributed by atoms with Gasteiger partial charge in [0, 0.05) is 6.42 Å². The molecule has 0 aliphatic rings. The summed E-state index contributed by atoms with van der Waals surface area (Å²) in [5.74, 6) is 1.04. The van der Waals surface area contributed by atoms with E-state index in [1.54, 1.807) is 6.92 Å². The summed E-state index contributed by atoms with van der Waals surface area (Å²) in [6.45, 7) is 10.8. The quantitative estimate of drug-likeness (QED) is 0.599. The summed E-state index contributed by atoms with van der Waals surface area (Å²) in [7, 11) is 0. The number of hydrogen-bond donors (Lipinski definition) is 0. The summed E-state index contributed by atoms with van der Waals surface area (Å²) in [6.07, 6.45) is 5.52. The molecule has 0 saturated carbocycles. The van der Waals surface area contributed by atoms with E-state index < -0.39 is 0 Å². The van der Waals surface area contributed by atoms with E-state index in [4.69, 9.17) is 0 Å². The van der Waals surface area contributed by atoms with Gasteiger partial charge in [0.1, 0.15) is 5.78 Å². The van der Waals surface area contributed by atoms with E-state index >= 15 is 0 Å². The molecule has 0 fully saturated rings. The van der Waals surface area contributed by atoms with Crippen molar-refractivity contribution in [3.05, 3.63) is 0 Å². The maximum atomic E-state index is 11.0. The van der Waals surface area contributed by atoms with Crippen molar-refractivity contribution in [2.75, 3.05) is 0 Å². The van der Waals surface area contributed by atoms with Crippen LogP contribution in [0.2, 0.25) is 0 Å². The maximum absolute atomic E-state index is 11.0. The molecule has 0 N–H and O–H groups in total. The van der Waals surface area contributed by atoms with Crippen LogP contribution in [0.3, 0.4) is 0 Å². The highest BCUT2D eigenvalue weighted by molar-refractivity contribution is 5.75. The molecule has 84 valence electrons. The summed E-state index contributed by atoms with van der Waals surface area (Å²) < 4.78 is 0. The molecule has 0 radical (unpaired) electrons. The minimum absolute atomic E-state index is 0.331. The van der Waals surface area contributed by atoms with Crippen molar-refractivity contribution >= 4 is 5.78 Å². The van der Waals surface area contributed by atoms with Crippen molar-refractivity contribution in [1.29, 1.82) is 0 Å². The summed E-state index contributed by atoms with van der Waals surface area (Å²) in [4.78, 5) is 11.0. The van der Waals surface area contributed by atoms with Gasteiger partial charge < -0.3 is 4.79 Å². The fourth-order valence-electron chi connectivity index (χ4n) is 1.94. The molecule has 0 rings (SSSR count). The Morgan fingerprint density at radius 3 is 2.14 bits per heavy atom. The third-order valence-corrected chi connectivity index (χ3v) is 3.50. The summed E-state index contributed by atoms with van der Waals surface area (Å²) in [6, 6.07) is 0. The van der Waals surface area contributed by atoms with Crippen LogP contribution in [0.1, 0.15) is 66.7 Å². The Labute approximate surface area is 89.3 Å². The second kappa shape index (κ2) is 6.21. The number of rotatable bonds is 7. The standard InChI is InChI=1S/C13H26O/c1-6-8-12(10-9-11(3)14)13(4,5)7-2/h12H,6-10H2,1-5H3. The van der Waals surface area contributed by atoms with Gasteiger partial charge in [-0.1, -0.05) is 47.0 Å². The van der Waals surface area contributed by atoms with Gasteiger partial charge in [-0.25, -0.2) is 0 Å². The molecule has 0 saturated heterocycles. The zero-order chi connectivity index (χ0) is 11.2. The van der Waals surface area contributed by atoms with E-state index in [1.807, 2.05) is 0 Å². The van der Waals surface area contributed by atoms with Gasteiger partial charge in [-0.05, 0) is 24.7 Å². The Morgan fingerprint density at radius 2 is 1.79 bits per heavy atom. The Kier molecular flexibility index (Phi) is 6.06. The topological polar surface area (TPSA) is 17.1 Å². The minimum Gasteiger partial charge on any atom is -0.300 e. The van der Waals surface area contributed by atoms with Crippen molar-refractivity contribution in [1.82, 2.24) is 0 Å². The molecule has 0 aliphatic carbocycles. The third kappa shape index (κ3) is 4.78. The Hall–Kier alpha value is -0.330. The van der Waals surface area contributed by atoms with Crippen LogP contribution in [0.5, 0.6) is 0 Å². The highest BCUT2D eigenvalue weighted by Gasteiger charge is 2.26. The zero-order valence-electron chi connectivity index (χ0n) is 10.5. The van der Waals surface area contributed by atoms with Crippen LogP contribution >= 0.6 is 0 Å². The van der Waals surface area contributed by atoms with E-state index in [0.29, 0.717) is 17.1 Å². The number of carbonyl (C=O) groups is 1. The first-order valence-corrected chi connectivity index (χ1v) is 5.93. The number of Topliss-reactive ketones (excluding diaryl/α,β-unsaturated/α-hetero) is 1. The molecule has 0 aromatic rings. The predicted molar refractivity (Wildman–Crippen MR) is 62.4 cm³/mol. The molecule has 1 unspecified atom stereocenters. The smallest absolute Gasteiger partial charge is 0.129 e. The van der Waals surface area contributed by atoms with Crippen molar-refractivity contribution in [2.24, 2.45) is 11.3 Å². The van der Waals surface area contributed by atoms with Crippen molar-refractivity contribution < 1.29 is 4.79 Å².